The summed E-state index contributed by atoms with van der Waals surface area (Å²) in [6.45, 7) is 0.201. The number of carbonyl (C=O) groups excluding carboxylic acids is 1. The summed E-state index contributed by atoms with van der Waals surface area (Å²) in [6, 6.07) is 7.31. The van der Waals surface area contributed by atoms with Crippen molar-refractivity contribution >= 4 is 28.8 Å². The van der Waals surface area contributed by atoms with Crippen LogP contribution in [0.25, 0.3) is 10.6 Å². The SMILES string of the molecule is C#CCNC(=O)c1csc(-c2ccc(Cl)cc2)n1. The van der Waals surface area contributed by atoms with Gasteiger partial charge in [-0.25, -0.2) is 4.98 Å². The molecule has 2 aromatic rings. The maximum absolute atomic E-state index is 11.6. The molecule has 0 saturated heterocycles. The van der Waals surface area contributed by atoms with Gasteiger partial charge in [0.2, 0.25) is 0 Å². The highest BCUT2D eigenvalue weighted by Gasteiger charge is 2.10. The standard InChI is InChI=1S/C13H9ClN2OS/c1-2-7-15-12(17)11-8-18-13(16-11)9-3-5-10(14)6-4-9/h1,3-6,8H,7H2,(H,15,17). The van der Waals surface area contributed by atoms with Gasteiger partial charge in [-0.15, -0.1) is 17.8 Å². The molecule has 5 heteroatoms. The number of hydrogen-bond donors (Lipinski definition) is 1. The highest BCUT2D eigenvalue weighted by molar-refractivity contribution is 7.13. The molecule has 1 aromatic carbocycles. The van der Waals surface area contributed by atoms with Crippen LogP contribution in [0.15, 0.2) is 29.6 Å². The smallest absolute Gasteiger partial charge is 0.271 e. The van der Waals surface area contributed by atoms with Gasteiger partial charge in [-0.05, 0) is 12.1 Å². The fourth-order valence-electron chi connectivity index (χ4n) is 1.32. The van der Waals surface area contributed by atoms with E-state index < -0.39 is 0 Å². The maximum atomic E-state index is 11.6. The average Bonchev–Trinajstić information content (AvgIpc) is 2.86. The van der Waals surface area contributed by atoms with Gasteiger partial charge < -0.3 is 5.32 Å². The third-order valence-electron chi connectivity index (χ3n) is 2.18. The molecule has 0 unspecified atom stereocenters. The number of rotatable bonds is 3. The fraction of sp³-hybridized carbons (Fsp3) is 0.0769. The summed E-state index contributed by atoms with van der Waals surface area (Å²) in [4.78, 5) is 15.9. The van der Waals surface area contributed by atoms with Gasteiger partial charge in [0.15, 0.2) is 0 Å². The van der Waals surface area contributed by atoms with Gasteiger partial charge in [0, 0.05) is 16.0 Å². The van der Waals surface area contributed by atoms with Crippen molar-refractivity contribution in [3.05, 3.63) is 40.4 Å². The van der Waals surface area contributed by atoms with E-state index in [4.69, 9.17) is 18.0 Å². The topological polar surface area (TPSA) is 42.0 Å². The van der Waals surface area contributed by atoms with E-state index in [1.54, 1.807) is 17.5 Å². The average molecular weight is 277 g/mol. The molecule has 0 aliphatic heterocycles. The number of thiazole rings is 1. The minimum Gasteiger partial charge on any atom is -0.340 e. The lowest BCUT2D eigenvalue weighted by Gasteiger charge is -1.97. The van der Waals surface area contributed by atoms with Crippen LogP contribution < -0.4 is 5.32 Å². The second kappa shape index (κ2) is 5.67. The molecule has 1 amide bonds. The van der Waals surface area contributed by atoms with E-state index in [-0.39, 0.29) is 12.5 Å². The van der Waals surface area contributed by atoms with E-state index >= 15 is 0 Å². The molecule has 90 valence electrons. The van der Waals surface area contributed by atoms with Crippen LogP contribution in [-0.2, 0) is 0 Å². The van der Waals surface area contributed by atoms with E-state index in [0.717, 1.165) is 10.6 Å². The minimum atomic E-state index is -0.260. The van der Waals surface area contributed by atoms with Crippen molar-refractivity contribution in [2.24, 2.45) is 0 Å². The molecule has 0 saturated carbocycles. The van der Waals surface area contributed by atoms with Crippen LogP contribution >= 0.6 is 22.9 Å². The van der Waals surface area contributed by atoms with Crippen LogP contribution in [0.5, 0.6) is 0 Å². The number of halogens is 1. The van der Waals surface area contributed by atoms with Crippen molar-refractivity contribution in [2.45, 2.75) is 0 Å². The van der Waals surface area contributed by atoms with Gasteiger partial charge in [-0.1, -0.05) is 29.7 Å². The van der Waals surface area contributed by atoms with Crippen molar-refractivity contribution in [1.82, 2.24) is 10.3 Å². The molecule has 1 aromatic heterocycles. The zero-order valence-electron chi connectivity index (χ0n) is 9.31. The summed E-state index contributed by atoms with van der Waals surface area (Å²) in [5.41, 5.74) is 1.31. The third kappa shape index (κ3) is 2.89. The monoisotopic (exact) mass is 276 g/mol. The van der Waals surface area contributed by atoms with Gasteiger partial charge >= 0.3 is 0 Å². The summed E-state index contributed by atoms with van der Waals surface area (Å²) in [7, 11) is 0. The summed E-state index contributed by atoms with van der Waals surface area (Å²) in [5.74, 6) is 2.08. The number of terminal acetylenes is 1. The van der Waals surface area contributed by atoms with E-state index in [2.05, 4.69) is 16.2 Å². The predicted molar refractivity (Wildman–Crippen MR) is 73.7 cm³/mol. The molecule has 0 radical (unpaired) electrons. The predicted octanol–water partition coefficient (Wildman–Crippen LogP) is 2.83. The fourth-order valence-corrected chi connectivity index (χ4v) is 2.26. The van der Waals surface area contributed by atoms with Gasteiger partial charge in [0.25, 0.3) is 5.91 Å². The Morgan fingerprint density at radius 2 is 2.17 bits per heavy atom. The molecule has 1 N–H and O–H groups in total. The van der Waals surface area contributed by atoms with Crippen molar-refractivity contribution in [2.75, 3.05) is 6.54 Å². The quantitative estimate of drug-likeness (QED) is 0.876. The molecule has 0 fully saturated rings. The van der Waals surface area contributed by atoms with Crippen molar-refractivity contribution in [3.8, 4) is 22.9 Å². The normalized spacial score (nSPS) is 9.78. The Morgan fingerprint density at radius 3 is 2.83 bits per heavy atom. The first-order valence-electron chi connectivity index (χ1n) is 5.14. The van der Waals surface area contributed by atoms with Crippen LogP contribution in [0, 0.1) is 12.3 Å². The Bertz CT molecular complexity index is 598. The molecule has 3 nitrogen and oxygen atoms in total. The van der Waals surface area contributed by atoms with Crippen LogP contribution in [0.1, 0.15) is 10.5 Å². The zero-order chi connectivity index (χ0) is 13.0. The summed E-state index contributed by atoms with van der Waals surface area (Å²) in [5, 5.41) is 5.72. The largest absolute Gasteiger partial charge is 0.340 e. The van der Waals surface area contributed by atoms with E-state index in [1.807, 2.05) is 12.1 Å². The molecule has 18 heavy (non-hydrogen) atoms. The molecular weight excluding hydrogens is 268 g/mol. The highest BCUT2D eigenvalue weighted by atomic mass is 35.5. The molecule has 0 bridgehead atoms. The van der Waals surface area contributed by atoms with Crippen LogP contribution in [0.4, 0.5) is 0 Å². The Kier molecular flexibility index (Phi) is 3.98. The molecule has 0 spiro atoms. The number of carbonyl (C=O) groups is 1. The van der Waals surface area contributed by atoms with Crippen LogP contribution in [0.3, 0.4) is 0 Å². The van der Waals surface area contributed by atoms with Crippen molar-refractivity contribution < 1.29 is 4.79 Å². The Hall–Kier alpha value is -1.83. The summed E-state index contributed by atoms with van der Waals surface area (Å²) < 4.78 is 0. The second-order valence-electron chi connectivity index (χ2n) is 3.43. The molecule has 0 aliphatic rings. The Labute approximate surface area is 114 Å². The van der Waals surface area contributed by atoms with Crippen molar-refractivity contribution in [3.63, 3.8) is 0 Å². The molecule has 2 rings (SSSR count). The van der Waals surface area contributed by atoms with E-state index in [9.17, 15) is 4.79 Å². The second-order valence-corrected chi connectivity index (χ2v) is 4.73. The highest BCUT2D eigenvalue weighted by Crippen LogP contribution is 2.24. The van der Waals surface area contributed by atoms with Crippen LogP contribution in [0.2, 0.25) is 5.02 Å². The van der Waals surface area contributed by atoms with Gasteiger partial charge in [-0.2, -0.15) is 0 Å². The van der Waals surface area contributed by atoms with Crippen molar-refractivity contribution in [1.29, 1.82) is 0 Å². The Balaban J connectivity index is 2.18. The van der Waals surface area contributed by atoms with Gasteiger partial charge in [0.1, 0.15) is 10.7 Å². The zero-order valence-corrected chi connectivity index (χ0v) is 10.9. The first-order valence-corrected chi connectivity index (χ1v) is 6.39. The van der Waals surface area contributed by atoms with Crippen LogP contribution in [-0.4, -0.2) is 17.4 Å². The number of nitrogens with zero attached hydrogens (tertiary/aromatic N) is 1. The maximum Gasteiger partial charge on any atom is 0.271 e. The summed E-state index contributed by atoms with van der Waals surface area (Å²) >= 11 is 7.22. The first kappa shape index (κ1) is 12.6. The third-order valence-corrected chi connectivity index (χ3v) is 3.32. The molecular formula is C13H9ClN2OS. The lowest BCUT2D eigenvalue weighted by atomic mass is 10.2. The minimum absolute atomic E-state index is 0.201. The van der Waals surface area contributed by atoms with E-state index in [0.29, 0.717) is 10.7 Å². The number of hydrogen-bond acceptors (Lipinski definition) is 3. The number of benzene rings is 1. The molecule has 1 heterocycles. The summed E-state index contributed by atoms with van der Waals surface area (Å²) in [6.07, 6.45) is 5.07. The first-order chi connectivity index (χ1) is 8.70. The lowest BCUT2D eigenvalue weighted by Crippen LogP contribution is -2.23. The Morgan fingerprint density at radius 1 is 1.44 bits per heavy atom. The number of nitrogens with one attached hydrogen (secondary N) is 1. The molecule has 0 aliphatic carbocycles. The number of amides is 1. The number of aromatic nitrogens is 1. The van der Waals surface area contributed by atoms with Gasteiger partial charge in [-0.3, -0.25) is 4.79 Å². The van der Waals surface area contributed by atoms with Gasteiger partial charge in [0.05, 0.1) is 6.54 Å². The molecule has 0 atom stereocenters. The lowest BCUT2D eigenvalue weighted by molar-refractivity contribution is 0.0954. The van der Waals surface area contributed by atoms with E-state index in [1.165, 1.54) is 11.3 Å².